The number of aryl methyl sites for hydroxylation is 1. The molecule has 0 aliphatic carbocycles. The van der Waals surface area contributed by atoms with Crippen LogP contribution in [-0.2, 0) is 14.2 Å². The van der Waals surface area contributed by atoms with Crippen LogP contribution in [0.2, 0.25) is 0 Å². The molecule has 146 valence electrons. The third-order valence-electron chi connectivity index (χ3n) is 4.54. The first kappa shape index (κ1) is 19.2. The maximum Gasteiger partial charge on any atom is 0.330 e. The zero-order valence-corrected chi connectivity index (χ0v) is 14.0. The normalized spacial score (nSPS) is 37.8. The Morgan fingerprint density at radius 2 is 1.96 bits per heavy atom. The topological polar surface area (TPSA) is 163 Å². The summed E-state index contributed by atoms with van der Waals surface area (Å²) in [6, 6.07) is 0. The Bertz CT molecular complexity index is 747. The third kappa shape index (κ3) is 3.74. The van der Waals surface area contributed by atoms with Crippen molar-refractivity contribution in [3.8, 4) is 0 Å². The lowest BCUT2D eigenvalue weighted by Crippen LogP contribution is -2.54. The lowest BCUT2D eigenvalue weighted by atomic mass is 10.1. The number of nitrogens with zero attached hydrogens (tertiary/aromatic N) is 1. The van der Waals surface area contributed by atoms with Gasteiger partial charge in [-0.05, 0) is 6.92 Å². The van der Waals surface area contributed by atoms with Gasteiger partial charge in [-0.25, -0.2) is 4.79 Å². The molecule has 0 bridgehead atoms. The molecule has 3 rings (SSSR count). The van der Waals surface area contributed by atoms with Crippen LogP contribution in [0.3, 0.4) is 0 Å². The molecule has 0 aromatic carbocycles. The van der Waals surface area contributed by atoms with E-state index in [2.05, 4.69) is 4.98 Å². The Balaban J connectivity index is 1.62. The van der Waals surface area contributed by atoms with E-state index in [0.717, 1.165) is 0 Å². The number of ether oxygens (including phenoxy) is 3. The number of aromatic amines is 1. The van der Waals surface area contributed by atoms with Crippen molar-refractivity contribution in [2.75, 3.05) is 13.2 Å². The molecule has 0 saturated carbocycles. The first-order valence-corrected chi connectivity index (χ1v) is 8.21. The zero-order valence-electron chi connectivity index (χ0n) is 14.0. The fourth-order valence-corrected chi connectivity index (χ4v) is 2.95. The van der Waals surface area contributed by atoms with Gasteiger partial charge in [0.2, 0.25) is 0 Å². The Labute approximate surface area is 147 Å². The van der Waals surface area contributed by atoms with Gasteiger partial charge in [-0.2, -0.15) is 0 Å². The van der Waals surface area contributed by atoms with E-state index in [1.807, 2.05) is 0 Å². The van der Waals surface area contributed by atoms with Crippen molar-refractivity contribution >= 4 is 0 Å². The summed E-state index contributed by atoms with van der Waals surface area (Å²) < 4.78 is 17.3. The highest BCUT2D eigenvalue weighted by atomic mass is 16.7. The molecule has 11 heteroatoms. The minimum atomic E-state index is -1.45. The van der Waals surface area contributed by atoms with Gasteiger partial charge in [-0.3, -0.25) is 14.3 Å². The third-order valence-corrected chi connectivity index (χ3v) is 4.54. The monoisotopic (exact) mass is 374 g/mol. The summed E-state index contributed by atoms with van der Waals surface area (Å²) in [5.74, 6) is 0. The van der Waals surface area contributed by atoms with Crippen LogP contribution >= 0.6 is 0 Å². The predicted molar refractivity (Wildman–Crippen MR) is 84.3 cm³/mol. The van der Waals surface area contributed by atoms with Gasteiger partial charge in [0.1, 0.15) is 30.6 Å². The van der Waals surface area contributed by atoms with E-state index < -0.39 is 54.3 Å². The first-order chi connectivity index (χ1) is 12.3. The molecular formula is C15H22N2O9. The minimum absolute atomic E-state index is 0.106. The molecule has 1 aromatic rings. The molecule has 26 heavy (non-hydrogen) atoms. The van der Waals surface area contributed by atoms with E-state index in [0.29, 0.717) is 5.56 Å². The van der Waals surface area contributed by atoms with Crippen molar-refractivity contribution in [2.24, 2.45) is 0 Å². The minimum Gasteiger partial charge on any atom is -0.390 e. The molecule has 0 spiro atoms. The van der Waals surface area contributed by atoms with Crippen molar-refractivity contribution in [3.05, 3.63) is 32.6 Å². The van der Waals surface area contributed by atoms with Gasteiger partial charge < -0.3 is 34.6 Å². The van der Waals surface area contributed by atoms with Crippen LogP contribution in [0.5, 0.6) is 0 Å². The van der Waals surface area contributed by atoms with Crippen molar-refractivity contribution < 1.29 is 34.6 Å². The fraction of sp³-hybridized carbons (Fsp3) is 0.733. The Kier molecular flexibility index (Phi) is 5.58. The summed E-state index contributed by atoms with van der Waals surface area (Å²) in [4.78, 5) is 25.5. The maximum atomic E-state index is 11.9. The standard InChI is InChI=1S/C15H22N2O9/c1-6-3-17(15(23)16-13(6)22)10-2-7(18)9(26-10)5-25-14-12(21)11(20)8(19)4-24-14/h3,7-12,14,18-21H,2,4-5H2,1H3,(H,16,22,23)/t7-,8+,9+,10+,11+,12+,14-/m0/s1. The summed E-state index contributed by atoms with van der Waals surface area (Å²) in [5, 5.41) is 39.0. The lowest BCUT2D eigenvalue weighted by molar-refractivity contribution is -0.277. The summed E-state index contributed by atoms with van der Waals surface area (Å²) in [5.41, 5.74) is -0.815. The van der Waals surface area contributed by atoms with E-state index in [-0.39, 0.29) is 19.6 Å². The van der Waals surface area contributed by atoms with Crippen molar-refractivity contribution in [1.82, 2.24) is 9.55 Å². The molecule has 2 fully saturated rings. The molecule has 0 unspecified atom stereocenters. The lowest BCUT2D eigenvalue weighted by Gasteiger charge is -2.35. The second-order valence-corrected chi connectivity index (χ2v) is 6.49. The molecule has 1 aromatic heterocycles. The Hall–Kier alpha value is -1.60. The molecule has 7 atom stereocenters. The molecule has 0 radical (unpaired) electrons. The van der Waals surface area contributed by atoms with E-state index >= 15 is 0 Å². The van der Waals surface area contributed by atoms with E-state index in [1.165, 1.54) is 10.8 Å². The Morgan fingerprint density at radius 3 is 2.69 bits per heavy atom. The number of aliphatic hydroxyl groups excluding tert-OH is 4. The highest BCUT2D eigenvalue weighted by Crippen LogP contribution is 2.28. The van der Waals surface area contributed by atoms with Gasteiger partial charge >= 0.3 is 5.69 Å². The molecule has 2 aliphatic rings. The molecular weight excluding hydrogens is 352 g/mol. The highest BCUT2D eigenvalue weighted by Gasteiger charge is 2.41. The maximum absolute atomic E-state index is 11.9. The van der Waals surface area contributed by atoms with Gasteiger partial charge in [-0.1, -0.05) is 0 Å². The number of rotatable bonds is 4. The summed E-state index contributed by atoms with van der Waals surface area (Å²) in [6.45, 7) is 1.17. The molecule has 2 saturated heterocycles. The van der Waals surface area contributed by atoms with Crippen LogP contribution in [0.4, 0.5) is 0 Å². The zero-order chi connectivity index (χ0) is 19.0. The second-order valence-electron chi connectivity index (χ2n) is 6.49. The molecule has 3 heterocycles. The average Bonchev–Trinajstić information content (AvgIpc) is 2.96. The van der Waals surface area contributed by atoms with Gasteiger partial charge in [0.15, 0.2) is 6.29 Å². The number of aromatic nitrogens is 2. The van der Waals surface area contributed by atoms with Gasteiger partial charge in [-0.15, -0.1) is 0 Å². The van der Waals surface area contributed by atoms with Crippen LogP contribution in [0.1, 0.15) is 18.2 Å². The van der Waals surface area contributed by atoms with E-state index in [4.69, 9.17) is 14.2 Å². The summed E-state index contributed by atoms with van der Waals surface area (Å²) >= 11 is 0. The van der Waals surface area contributed by atoms with Crippen molar-refractivity contribution in [3.63, 3.8) is 0 Å². The number of nitrogens with one attached hydrogen (secondary N) is 1. The number of H-pyrrole nitrogens is 1. The molecule has 5 N–H and O–H groups in total. The van der Waals surface area contributed by atoms with Gasteiger partial charge in [0.05, 0.1) is 19.3 Å². The highest BCUT2D eigenvalue weighted by molar-refractivity contribution is 5.02. The number of hydrogen-bond donors (Lipinski definition) is 5. The van der Waals surface area contributed by atoms with Gasteiger partial charge in [0, 0.05) is 18.2 Å². The average molecular weight is 374 g/mol. The smallest absolute Gasteiger partial charge is 0.330 e. The van der Waals surface area contributed by atoms with Crippen molar-refractivity contribution in [1.29, 1.82) is 0 Å². The summed E-state index contributed by atoms with van der Waals surface area (Å²) in [7, 11) is 0. The Morgan fingerprint density at radius 1 is 1.23 bits per heavy atom. The van der Waals surface area contributed by atoms with Crippen molar-refractivity contribution in [2.45, 2.75) is 56.4 Å². The quantitative estimate of drug-likeness (QED) is 0.368. The largest absolute Gasteiger partial charge is 0.390 e. The number of aliphatic hydroxyl groups is 4. The first-order valence-electron chi connectivity index (χ1n) is 8.21. The number of hydrogen-bond acceptors (Lipinski definition) is 9. The van der Waals surface area contributed by atoms with Crippen LogP contribution in [0, 0.1) is 6.92 Å². The van der Waals surface area contributed by atoms with Crippen LogP contribution in [0.15, 0.2) is 15.8 Å². The fourth-order valence-electron chi connectivity index (χ4n) is 2.95. The van der Waals surface area contributed by atoms with Crippen LogP contribution in [-0.4, -0.2) is 80.0 Å². The molecule has 2 aliphatic heterocycles. The molecule has 0 amide bonds. The van der Waals surface area contributed by atoms with Crippen LogP contribution in [0.25, 0.3) is 0 Å². The molecule has 11 nitrogen and oxygen atoms in total. The van der Waals surface area contributed by atoms with Crippen LogP contribution < -0.4 is 11.2 Å². The van der Waals surface area contributed by atoms with E-state index in [9.17, 15) is 30.0 Å². The van der Waals surface area contributed by atoms with E-state index in [1.54, 1.807) is 6.92 Å². The SMILES string of the molecule is Cc1cn([C@H]2C[C@H](O)[C@@H](CO[C@@H]3OC[C@@H](O)[C@@H](O)[C@H]3O)O2)c(=O)[nH]c1=O. The second kappa shape index (κ2) is 7.56. The predicted octanol–water partition coefficient (Wildman–Crippen LogP) is -3.05. The van der Waals surface area contributed by atoms with Gasteiger partial charge in [0.25, 0.3) is 5.56 Å². The summed E-state index contributed by atoms with van der Waals surface area (Å²) in [6.07, 6.45) is -6.32.